The Labute approximate surface area is 125 Å². The summed E-state index contributed by atoms with van der Waals surface area (Å²) in [5, 5.41) is 0. The highest BCUT2D eigenvalue weighted by Gasteiger charge is 2.22. The maximum Gasteiger partial charge on any atom is 0.305 e. The normalized spacial score (nSPS) is 14.0. The highest BCUT2D eigenvalue weighted by Crippen LogP contribution is 2.04. The number of nitrogens with zero attached hydrogens (tertiary/aromatic N) is 1. The van der Waals surface area contributed by atoms with Crippen LogP contribution in [0, 0.1) is 0 Å². The Morgan fingerprint density at radius 1 is 1.05 bits per heavy atom. The van der Waals surface area contributed by atoms with Crippen LogP contribution < -0.4 is 0 Å². The molecule has 0 spiro atoms. The highest BCUT2D eigenvalue weighted by molar-refractivity contribution is 6.12. The van der Waals surface area contributed by atoms with Gasteiger partial charge in [0, 0.05) is 18.6 Å². The molecule has 0 fully saturated rings. The fourth-order valence-corrected chi connectivity index (χ4v) is 1.89. The quantitative estimate of drug-likeness (QED) is 0.328. The van der Waals surface area contributed by atoms with Crippen LogP contribution in [0.4, 0.5) is 0 Å². The topological polar surface area (TPSA) is 72.9 Å². The van der Waals surface area contributed by atoms with Gasteiger partial charge in [-0.05, 0) is 6.42 Å². The second-order valence-corrected chi connectivity index (χ2v) is 4.80. The highest BCUT2D eigenvalue weighted by atomic mass is 16.6. The zero-order valence-electron chi connectivity index (χ0n) is 12.5. The van der Waals surface area contributed by atoms with Gasteiger partial charge in [-0.25, -0.2) is 0 Å². The Morgan fingerprint density at radius 2 is 1.76 bits per heavy atom. The molecule has 1 aliphatic rings. The summed E-state index contributed by atoms with van der Waals surface area (Å²) in [6.45, 7) is 3.05. The Balaban J connectivity index is 1.94. The van der Waals surface area contributed by atoms with Crippen molar-refractivity contribution in [1.82, 2.24) is 4.90 Å². The van der Waals surface area contributed by atoms with Crippen LogP contribution in [0.2, 0.25) is 0 Å². The molecule has 0 saturated carbocycles. The molecule has 0 unspecified atom stereocenters. The van der Waals surface area contributed by atoms with Gasteiger partial charge in [-0.3, -0.25) is 19.3 Å². The monoisotopic (exact) mass is 297 g/mol. The molecule has 118 valence electrons. The van der Waals surface area contributed by atoms with Crippen LogP contribution in [0.1, 0.15) is 39.0 Å². The summed E-state index contributed by atoms with van der Waals surface area (Å²) in [5.41, 5.74) is 0. The molecule has 0 radical (unpaired) electrons. The molecule has 1 aliphatic heterocycles. The molecule has 6 heteroatoms. The molecular weight excluding hydrogens is 274 g/mol. The molecular formula is C15H23NO5. The molecule has 2 amide bonds. The van der Waals surface area contributed by atoms with Gasteiger partial charge in [0.1, 0.15) is 6.61 Å². The van der Waals surface area contributed by atoms with Crippen LogP contribution in [0.15, 0.2) is 12.2 Å². The maximum absolute atomic E-state index is 11.4. The van der Waals surface area contributed by atoms with E-state index in [1.807, 2.05) is 0 Å². The predicted molar refractivity (Wildman–Crippen MR) is 76.4 cm³/mol. The number of carbonyl (C=O) groups is 3. The summed E-state index contributed by atoms with van der Waals surface area (Å²) in [4.78, 5) is 34.9. The minimum atomic E-state index is -0.317. The first-order valence-electron chi connectivity index (χ1n) is 7.42. The van der Waals surface area contributed by atoms with Gasteiger partial charge < -0.3 is 9.47 Å². The molecule has 0 aromatic heterocycles. The van der Waals surface area contributed by atoms with Crippen molar-refractivity contribution in [3.8, 4) is 0 Å². The lowest BCUT2D eigenvalue weighted by Crippen LogP contribution is -2.33. The number of esters is 1. The molecule has 0 atom stereocenters. The van der Waals surface area contributed by atoms with Crippen molar-refractivity contribution < 1.29 is 23.9 Å². The van der Waals surface area contributed by atoms with E-state index in [2.05, 4.69) is 6.92 Å². The largest absolute Gasteiger partial charge is 0.463 e. The van der Waals surface area contributed by atoms with Crippen molar-refractivity contribution in [3.05, 3.63) is 12.2 Å². The first-order chi connectivity index (χ1) is 10.1. The second-order valence-electron chi connectivity index (χ2n) is 4.80. The fourth-order valence-electron chi connectivity index (χ4n) is 1.89. The molecule has 0 aliphatic carbocycles. The van der Waals surface area contributed by atoms with Crippen LogP contribution >= 0.6 is 0 Å². The minimum absolute atomic E-state index is 0.201. The number of unbranched alkanes of at least 4 members (excludes halogenated alkanes) is 3. The zero-order chi connectivity index (χ0) is 15.5. The third kappa shape index (κ3) is 7.04. The number of hydrogen-bond donors (Lipinski definition) is 0. The molecule has 21 heavy (non-hydrogen) atoms. The van der Waals surface area contributed by atoms with Crippen molar-refractivity contribution >= 4 is 17.8 Å². The maximum atomic E-state index is 11.4. The number of hydrogen-bond acceptors (Lipinski definition) is 5. The van der Waals surface area contributed by atoms with E-state index >= 15 is 0 Å². The van der Waals surface area contributed by atoms with Gasteiger partial charge in [0.2, 0.25) is 0 Å². The molecule has 0 aromatic rings. The second kappa shape index (κ2) is 10.1. The molecule has 0 N–H and O–H groups in total. The van der Waals surface area contributed by atoms with E-state index in [1.54, 1.807) is 0 Å². The lowest BCUT2D eigenvalue weighted by molar-refractivity contribution is -0.145. The predicted octanol–water partition coefficient (Wildman–Crippen LogP) is 1.44. The van der Waals surface area contributed by atoms with Gasteiger partial charge in [0.25, 0.3) is 11.8 Å². The number of rotatable bonds is 11. The van der Waals surface area contributed by atoms with Crippen LogP contribution in [-0.4, -0.2) is 49.0 Å². The number of imide groups is 1. The molecule has 0 aromatic carbocycles. The average Bonchev–Trinajstić information content (AvgIpc) is 2.78. The van der Waals surface area contributed by atoms with Crippen molar-refractivity contribution in [2.24, 2.45) is 0 Å². The molecule has 0 saturated heterocycles. The minimum Gasteiger partial charge on any atom is -0.463 e. The average molecular weight is 297 g/mol. The molecule has 1 heterocycles. The van der Waals surface area contributed by atoms with Gasteiger partial charge in [-0.1, -0.05) is 26.2 Å². The van der Waals surface area contributed by atoms with E-state index in [1.165, 1.54) is 12.2 Å². The lowest BCUT2D eigenvalue weighted by Gasteiger charge is -2.13. The van der Waals surface area contributed by atoms with Gasteiger partial charge in [-0.15, -0.1) is 0 Å². The van der Waals surface area contributed by atoms with E-state index in [0.29, 0.717) is 6.42 Å². The smallest absolute Gasteiger partial charge is 0.305 e. The molecule has 6 nitrogen and oxygen atoms in total. The van der Waals surface area contributed by atoms with Crippen molar-refractivity contribution in [2.45, 2.75) is 39.0 Å². The van der Waals surface area contributed by atoms with E-state index in [-0.39, 0.29) is 44.1 Å². The van der Waals surface area contributed by atoms with Gasteiger partial charge in [0.15, 0.2) is 0 Å². The Kier molecular flexibility index (Phi) is 8.35. The summed E-state index contributed by atoms with van der Waals surface area (Å²) < 4.78 is 10.2. The zero-order valence-corrected chi connectivity index (χ0v) is 12.5. The van der Waals surface area contributed by atoms with E-state index in [0.717, 1.165) is 30.6 Å². The van der Waals surface area contributed by atoms with E-state index in [9.17, 15) is 14.4 Å². The third-order valence-electron chi connectivity index (χ3n) is 3.08. The van der Waals surface area contributed by atoms with Crippen LogP contribution in [0.5, 0.6) is 0 Å². The Morgan fingerprint density at radius 3 is 2.43 bits per heavy atom. The molecule has 0 bridgehead atoms. The van der Waals surface area contributed by atoms with Gasteiger partial charge in [-0.2, -0.15) is 0 Å². The fraction of sp³-hybridized carbons (Fsp3) is 0.667. The first kappa shape index (κ1) is 17.4. The summed E-state index contributed by atoms with van der Waals surface area (Å²) in [6, 6.07) is 0. The number of carbonyl (C=O) groups excluding carboxylic acids is 3. The van der Waals surface area contributed by atoms with Crippen molar-refractivity contribution in [3.63, 3.8) is 0 Å². The van der Waals surface area contributed by atoms with Crippen LogP contribution in [-0.2, 0) is 23.9 Å². The third-order valence-corrected chi connectivity index (χ3v) is 3.08. The Bertz CT molecular complexity index is 374. The summed E-state index contributed by atoms with van der Waals surface area (Å²) >= 11 is 0. The van der Waals surface area contributed by atoms with Crippen LogP contribution in [0.25, 0.3) is 0 Å². The standard InChI is InChI=1S/C15H23NO5/c1-2-3-4-5-6-15(19)21-12-11-20-10-9-16-13(17)7-8-14(16)18/h7-8H,2-6,9-12H2,1H3. The summed E-state index contributed by atoms with van der Waals surface area (Å²) in [7, 11) is 0. The number of ether oxygens (including phenoxy) is 2. The Hall–Kier alpha value is -1.69. The van der Waals surface area contributed by atoms with Gasteiger partial charge >= 0.3 is 5.97 Å². The van der Waals surface area contributed by atoms with Crippen molar-refractivity contribution in [2.75, 3.05) is 26.4 Å². The van der Waals surface area contributed by atoms with Crippen molar-refractivity contribution in [1.29, 1.82) is 0 Å². The number of amides is 2. The van der Waals surface area contributed by atoms with E-state index < -0.39 is 0 Å². The first-order valence-corrected chi connectivity index (χ1v) is 7.42. The van der Waals surface area contributed by atoms with Gasteiger partial charge in [0.05, 0.1) is 19.8 Å². The summed E-state index contributed by atoms with van der Waals surface area (Å²) in [6.07, 6.45) is 7.11. The lowest BCUT2D eigenvalue weighted by atomic mass is 10.2. The van der Waals surface area contributed by atoms with E-state index in [4.69, 9.17) is 9.47 Å². The SMILES string of the molecule is CCCCCCC(=O)OCCOCCN1C(=O)C=CC1=O. The summed E-state index contributed by atoms with van der Waals surface area (Å²) in [5.74, 6) is -0.840. The van der Waals surface area contributed by atoms with Crippen LogP contribution in [0.3, 0.4) is 0 Å². The molecule has 1 rings (SSSR count).